The zero-order valence-electron chi connectivity index (χ0n) is 11.5. The van der Waals surface area contributed by atoms with Crippen molar-refractivity contribution in [1.82, 2.24) is 0 Å². The van der Waals surface area contributed by atoms with E-state index in [1.165, 1.54) is 44.9 Å². The molecule has 0 atom stereocenters. The van der Waals surface area contributed by atoms with Gasteiger partial charge in [-0.05, 0) is 12.3 Å². The van der Waals surface area contributed by atoms with Gasteiger partial charge in [-0.2, -0.15) is 0 Å². The Morgan fingerprint density at radius 1 is 0.750 bits per heavy atom. The summed E-state index contributed by atoms with van der Waals surface area (Å²) in [5, 5.41) is 0. The number of unbranched alkanes of at least 4 members (excludes halogenated alkanes) is 7. The molecule has 0 aliphatic heterocycles. The second-order valence-corrected chi connectivity index (χ2v) is 4.98. The summed E-state index contributed by atoms with van der Waals surface area (Å²) in [7, 11) is 0. The molecule has 0 heterocycles. The topological polar surface area (TPSA) is 18.5 Å². The predicted molar refractivity (Wildman–Crippen MR) is 69.4 cm³/mol. The molecule has 0 rings (SSSR count). The van der Waals surface area contributed by atoms with E-state index in [0.29, 0.717) is 12.5 Å². The lowest BCUT2D eigenvalue weighted by Crippen LogP contribution is -2.03. The van der Waals surface area contributed by atoms with Gasteiger partial charge < -0.3 is 0 Å². The zero-order valence-corrected chi connectivity index (χ0v) is 11.5. The molecule has 0 amide bonds. The van der Waals surface area contributed by atoms with Crippen molar-refractivity contribution in [3.8, 4) is 0 Å². The van der Waals surface area contributed by atoms with Crippen LogP contribution in [0.4, 0.5) is 0 Å². The van der Waals surface area contributed by atoms with Crippen molar-refractivity contribution in [2.45, 2.75) is 72.1 Å². The molecule has 0 aliphatic carbocycles. The lowest BCUT2D eigenvalue weighted by Gasteiger charge is -2.06. The summed E-state index contributed by atoms with van der Waals surface area (Å²) < 4.78 is 0. The third kappa shape index (κ3) is 13.9. The van der Waals surface area contributed by atoms with Gasteiger partial charge in [0, 0.05) is 0 Å². The van der Waals surface area contributed by atoms with Gasteiger partial charge in [0.05, 0.1) is 13.2 Å². The highest BCUT2D eigenvalue weighted by molar-refractivity contribution is 4.45. The fraction of sp³-hybridized carbons (Fsp3) is 1.00. The Balaban J connectivity index is 2.88. The molecule has 0 aromatic heterocycles. The molecule has 0 spiro atoms. The van der Waals surface area contributed by atoms with Gasteiger partial charge in [0.25, 0.3) is 0 Å². The van der Waals surface area contributed by atoms with Gasteiger partial charge in [0.1, 0.15) is 0 Å². The first-order valence-electron chi connectivity index (χ1n) is 7.01. The van der Waals surface area contributed by atoms with Crippen LogP contribution in [0.2, 0.25) is 0 Å². The van der Waals surface area contributed by atoms with Crippen LogP contribution < -0.4 is 0 Å². The Kier molecular flexibility index (Phi) is 12.9. The molecule has 0 bridgehead atoms. The highest BCUT2D eigenvalue weighted by Crippen LogP contribution is 2.08. The summed E-state index contributed by atoms with van der Waals surface area (Å²) in [6.07, 6.45) is 10.7. The monoisotopic (exact) mass is 230 g/mol. The normalized spacial score (nSPS) is 11.2. The van der Waals surface area contributed by atoms with Crippen molar-refractivity contribution in [1.29, 1.82) is 0 Å². The highest BCUT2D eigenvalue weighted by Gasteiger charge is 1.95. The lowest BCUT2D eigenvalue weighted by atomic mass is 10.1. The molecular weight excluding hydrogens is 200 g/mol. The average Bonchev–Trinajstić information content (AvgIpc) is 2.25. The average molecular weight is 230 g/mol. The minimum absolute atomic E-state index is 0.554. The molecule has 16 heavy (non-hydrogen) atoms. The SMILES string of the molecule is CCCCCCCCCCOOCC(C)C. The number of hydrogen-bond acceptors (Lipinski definition) is 2. The van der Waals surface area contributed by atoms with Gasteiger partial charge in [-0.15, -0.1) is 0 Å². The third-order valence-corrected chi connectivity index (χ3v) is 2.57. The van der Waals surface area contributed by atoms with Crippen LogP contribution in [0, 0.1) is 5.92 Å². The molecule has 98 valence electrons. The van der Waals surface area contributed by atoms with Gasteiger partial charge in [0.2, 0.25) is 0 Å². The Morgan fingerprint density at radius 2 is 1.31 bits per heavy atom. The molecule has 0 saturated heterocycles. The highest BCUT2D eigenvalue weighted by atomic mass is 17.2. The Hall–Kier alpha value is -0.0800. The van der Waals surface area contributed by atoms with Gasteiger partial charge in [0.15, 0.2) is 0 Å². The Labute approximate surface area is 102 Å². The van der Waals surface area contributed by atoms with E-state index in [2.05, 4.69) is 20.8 Å². The molecule has 0 unspecified atom stereocenters. The molecule has 0 aliphatic rings. The summed E-state index contributed by atoms with van der Waals surface area (Å²) in [6.45, 7) is 7.96. The first-order chi connectivity index (χ1) is 7.77. The summed E-state index contributed by atoms with van der Waals surface area (Å²) in [4.78, 5) is 10.1. The van der Waals surface area contributed by atoms with E-state index in [0.717, 1.165) is 13.0 Å². The van der Waals surface area contributed by atoms with Crippen LogP contribution in [-0.2, 0) is 9.78 Å². The number of hydrogen-bond donors (Lipinski definition) is 0. The molecule has 0 aromatic carbocycles. The Bertz CT molecular complexity index is 124. The summed E-state index contributed by atoms with van der Waals surface area (Å²) in [5.41, 5.74) is 0. The zero-order chi connectivity index (χ0) is 12.1. The van der Waals surface area contributed by atoms with Crippen LogP contribution in [0.5, 0.6) is 0 Å². The summed E-state index contributed by atoms with van der Waals surface area (Å²) in [5.74, 6) is 0.554. The molecule has 0 aromatic rings. The molecule has 2 nitrogen and oxygen atoms in total. The molecular formula is C14H30O2. The molecule has 0 saturated carbocycles. The molecule has 0 fully saturated rings. The van der Waals surface area contributed by atoms with Crippen LogP contribution in [0.1, 0.15) is 72.1 Å². The van der Waals surface area contributed by atoms with Crippen molar-refractivity contribution < 1.29 is 9.78 Å². The van der Waals surface area contributed by atoms with Crippen LogP contribution in [-0.4, -0.2) is 13.2 Å². The van der Waals surface area contributed by atoms with E-state index in [9.17, 15) is 0 Å². The lowest BCUT2D eigenvalue weighted by molar-refractivity contribution is -0.300. The van der Waals surface area contributed by atoms with E-state index in [-0.39, 0.29) is 0 Å². The van der Waals surface area contributed by atoms with Crippen molar-refractivity contribution in [2.24, 2.45) is 5.92 Å². The van der Waals surface area contributed by atoms with Crippen molar-refractivity contribution >= 4 is 0 Å². The molecule has 2 heteroatoms. The van der Waals surface area contributed by atoms with Gasteiger partial charge >= 0.3 is 0 Å². The van der Waals surface area contributed by atoms with Crippen LogP contribution in [0.3, 0.4) is 0 Å². The van der Waals surface area contributed by atoms with E-state index in [1.807, 2.05) is 0 Å². The number of rotatable bonds is 12. The smallest absolute Gasteiger partial charge is 0.0845 e. The largest absolute Gasteiger partial charge is 0.237 e. The fourth-order valence-electron chi connectivity index (χ4n) is 1.54. The van der Waals surface area contributed by atoms with Crippen LogP contribution in [0.25, 0.3) is 0 Å². The quantitative estimate of drug-likeness (QED) is 0.274. The molecule has 0 N–H and O–H groups in total. The van der Waals surface area contributed by atoms with Crippen molar-refractivity contribution in [3.05, 3.63) is 0 Å². The van der Waals surface area contributed by atoms with Gasteiger partial charge in [-0.1, -0.05) is 65.7 Å². The first-order valence-corrected chi connectivity index (χ1v) is 7.01. The summed E-state index contributed by atoms with van der Waals surface area (Å²) in [6, 6.07) is 0. The Morgan fingerprint density at radius 3 is 1.88 bits per heavy atom. The van der Waals surface area contributed by atoms with Crippen molar-refractivity contribution in [3.63, 3.8) is 0 Å². The van der Waals surface area contributed by atoms with Gasteiger partial charge in [-0.3, -0.25) is 0 Å². The predicted octanol–water partition coefficient (Wildman–Crippen LogP) is 4.73. The van der Waals surface area contributed by atoms with E-state index in [4.69, 9.17) is 9.78 Å². The van der Waals surface area contributed by atoms with Crippen LogP contribution in [0.15, 0.2) is 0 Å². The van der Waals surface area contributed by atoms with Crippen molar-refractivity contribution in [2.75, 3.05) is 13.2 Å². The van der Waals surface area contributed by atoms with E-state index >= 15 is 0 Å². The standard InChI is InChI=1S/C14H30O2/c1-4-5-6-7-8-9-10-11-12-15-16-13-14(2)3/h14H,4-13H2,1-3H3. The first kappa shape index (κ1) is 15.9. The van der Waals surface area contributed by atoms with E-state index < -0.39 is 0 Å². The van der Waals surface area contributed by atoms with Crippen LogP contribution >= 0.6 is 0 Å². The third-order valence-electron chi connectivity index (χ3n) is 2.57. The maximum absolute atomic E-state index is 5.09. The molecule has 0 radical (unpaired) electrons. The minimum atomic E-state index is 0.554. The maximum Gasteiger partial charge on any atom is 0.0845 e. The van der Waals surface area contributed by atoms with E-state index in [1.54, 1.807) is 0 Å². The van der Waals surface area contributed by atoms with Gasteiger partial charge in [-0.25, -0.2) is 9.78 Å². The second-order valence-electron chi connectivity index (χ2n) is 4.98. The minimum Gasteiger partial charge on any atom is -0.237 e. The summed E-state index contributed by atoms with van der Waals surface area (Å²) >= 11 is 0. The fourth-order valence-corrected chi connectivity index (χ4v) is 1.54. The maximum atomic E-state index is 5.09. The second kappa shape index (κ2) is 13.0.